The fourth-order valence-electron chi connectivity index (χ4n) is 3.26. The maximum absolute atomic E-state index is 10.7. The van der Waals surface area contributed by atoms with Crippen molar-refractivity contribution in [2.75, 3.05) is 33.4 Å². The second-order valence-corrected chi connectivity index (χ2v) is 7.06. The molecule has 1 aliphatic carbocycles. The Kier molecular flexibility index (Phi) is 10.2. The summed E-state index contributed by atoms with van der Waals surface area (Å²) in [6.45, 7) is 2.12. The van der Waals surface area contributed by atoms with Crippen LogP contribution in [0.25, 0.3) is 0 Å². The first-order valence-corrected chi connectivity index (χ1v) is 10.2. The van der Waals surface area contributed by atoms with E-state index in [0.717, 1.165) is 25.5 Å². The van der Waals surface area contributed by atoms with Crippen molar-refractivity contribution in [1.29, 1.82) is 0 Å². The van der Waals surface area contributed by atoms with Gasteiger partial charge in [-0.2, -0.15) is 0 Å². The molecule has 0 atom stereocenters. The quantitative estimate of drug-likeness (QED) is 0.246. The molecule has 1 fully saturated rings. The van der Waals surface area contributed by atoms with Gasteiger partial charge in [0.1, 0.15) is 5.75 Å². The fraction of sp³-hybridized carbons (Fsp3) is 0.619. The lowest BCUT2D eigenvalue weighted by atomic mass is 10.1. The molecule has 0 saturated heterocycles. The molecule has 0 spiro atoms. The van der Waals surface area contributed by atoms with Gasteiger partial charge < -0.3 is 25.8 Å². The number of guanidine groups is 1. The molecule has 156 valence electrons. The van der Waals surface area contributed by atoms with Gasteiger partial charge in [0, 0.05) is 20.1 Å². The average molecular weight is 391 g/mol. The molecule has 1 aromatic rings. The summed E-state index contributed by atoms with van der Waals surface area (Å²) in [6.07, 6.45) is 8.94. The molecule has 0 heterocycles. The smallest absolute Gasteiger partial charge is 0.255 e. The van der Waals surface area contributed by atoms with E-state index in [1.807, 2.05) is 24.3 Å². The predicted molar refractivity (Wildman–Crippen MR) is 112 cm³/mol. The van der Waals surface area contributed by atoms with Crippen LogP contribution in [-0.2, 0) is 16.0 Å². The third kappa shape index (κ3) is 9.08. The van der Waals surface area contributed by atoms with Gasteiger partial charge in [-0.1, -0.05) is 37.8 Å². The molecule has 2 rings (SSSR count). The number of nitrogens with zero attached hydrogens (tertiary/aromatic N) is 1. The van der Waals surface area contributed by atoms with Crippen LogP contribution in [0.15, 0.2) is 29.3 Å². The molecule has 0 radical (unpaired) electrons. The summed E-state index contributed by atoms with van der Waals surface area (Å²) >= 11 is 0. The first-order chi connectivity index (χ1) is 13.7. The zero-order chi connectivity index (χ0) is 20.0. The molecule has 1 amide bonds. The van der Waals surface area contributed by atoms with Gasteiger partial charge >= 0.3 is 0 Å². The molecule has 7 heteroatoms. The maximum atomic E-state index is 10.7. The number of hydrogen-bond acceptors (Lipinski definition) is 4. The van der Waals surface area contributed by atoms with Gasteiger partial charge in [-0.25, -0.2) is 0 Å². The largest absolute Gasteiger partial charge is 0.484 e. The summed E-state index contributed by atoms with van der Waals surface area (Å²) in [5.41, 5.74) is 6.24. The predicted octanol–water partition coefficient (Wildman–Crippen LogP) is 2.00. The molecule has 0 aliphatic heterocycles. The first-order valence-electron chi connectivity index (χ1n) is 10.2. The number of amides is 1. The Hall–Kier alpha value is -2.28. The summed E-state index contributed by atoms with van der Waals surface area (Å²) in [6, 6.07) is 7.65. The number of nitrogens with two attached hydrogens (primary N) is 1. The van der Waals surface area contributed by atoms with Crippen molar-refractivity contribution >= 4 is 11.9 Å². The highest BCUT2D eigenvalue weighted by Crippen LogP contribution is 2.19. The van der Waals surface area contributed by atoms with Crippen LogP contribution in [0.1, 0.15) is 44.1 Å². The van der Waals surface area contributed by atoms with Crippen molar-refractivity contribution in [3.05, 3.63) is 29.8 Å². The van der Waals surface area contributed by atoms with Crippen molar-refractivity contribution in [3.63, 3.8) is 0 Å². The van der Waals surface area contributed by atoms with Crippen molar-refractivity contribution in [1.82, 2.24) is 10.6 Å². The minimum absolute atomic E-state index is 0.104. The van der Waals surface area contributed by atoms with Crippen LogP contribution in [0, 0.1) is 0 Å². The van der Waals surface area contributed by atoms with Gasteiger partial charge in [-0.3, -0.25) is 9.79 Å². The lowest BCUT2D eigenvalue weighted by Gasteiger charge is -2.17. The minimum Gasteiger partial charge on any atom is -0.484 e. The van der Waals surface area contributed by atoms with E-state index in [9.17, 15) is 4.79 Å². The second kappa shape index (κ2) is 13.0. The Morgan fingerprint density at radius 3 is 2.43 bits per heavy atom. The lowest BCUT2D eigenvalue weighted by Crippen LogP contribution is -2.40. The molecule has 0 unspecified atom stereocenters. The number of carbonyl (C=O) groups is 1. The Morgan fingerprint density at radius 1 is 1.11 bits per heavy atom. The van der Waals surface area contributed by atoms with Crippen molar-refractivity contribution in [2.45, 2.75) is 51.0 Å². The molecule has 1 saturated carbocycles. The molecule has 0 bridgehead atoms. The van der Waals surface area contributed by atoms with E-state index in [-0.39, 0.29) is 6.61 Å². The van der Waals surface area contributed by atoms with E-state index in [0.29, 0.717) is 18.5 Å². The Morgan fingerprint density at radius 2 is 1.79 bits per heavy atom. The normalized spacial score (nSPS) is 15.7. The highest BCUT2D eigenvalue weighted by atomic mass is 16.5. The van der Waals surface area contributed by atoms with E-state index in [2.05, 4.69) is 15.6 Å². The second-order valence-electron chi connectivity index (χ2n) is 7.06. The third-order valence-corrected chi connectivity index (χ3v) is 4.78. The van der Waals surface area contributed by atoms with Crippen LogP contribution in [0.4, 0.5) is 0 Å². The van der Waals surface area contributed by atoms with Gasteiger partial charge in [0.05, 0.1) is 12.7 Å². The molecule has 7 nitrogen and oxygen atoms in total. The van der Waals surface area contributed by atoms with E-state index >= 15 is 0 Å². The van der Waals surface area contributed by atoms with Crippen molar-refractivity contribution < 1.29 is 14.3 Å². The average Bonchev–Trinajstić information content (AvgIpc) is 2.98. The van der Waals surface area contributed by atoms with Gasteiger partial charge in [-0.05, 0) is 37.0 Å². The Bertz CT molecular complexity index is 596. The Labute approximate surface area is 168 Å². The first kappa shape index (κ1) is 22.0. The third-order valence-electron chi connectivity index (χ3n) is 4.78. The fourth-order valence-corrected chi connectivity index (χ4v) is 3.26. The minimum atomic E-state index is -0.480. The Balaban J connectivity index is 1.59. The van der Waals surface area contributed by atoms with Gasteiger partial charge in [-0.15, -0.1) is 0 Å². The van der Waals surface area contributed by atoms with Crippen molar-refractivity contribution in [2.24, 2.45) is 10.7 Å². The topological polar surface area (TPSA) is 98.0 Å². The monoisotopic (exact) mass is 390 g/mol. The summed E-state index contributed by atoms with van der Waals surface area (Å²) < 4.78 is 11.2. The zero-order valence-corrected chi connectivity index (χ0v) is 16.9. The van der Waals surface area contributed by atoms with Gasteiger partial charge in [0.15, 0.2) is 12.6 Å². The van der Waals surface area contributed by atoms with Crippen LogP contribution in [-0.4, -0.2) is 51.3 Å². The number of primary amides is 1. The molecule has 4 N–H and O–H groups in total. The standard InChI is InChI=1S/C21H34N4O3/c1-23-21(25-14-15-27-18-6-4-2-3-5-7-18)24-13-12-17-8-10-19(11-9-17)28-16-20(22)26/h8-11,18H,2-7,12-16H2,1H3,(H2,22,26)(H2,23,24,25). The number of carbonyl (C=O) groups excluding carboxylic acids is 1. The van der Waals surface area contributed by atoms with E-state index in [1.54, 1.807) is 7.05 Å². The van der Waals surface area contributed by atoms with E-state index < -0.39 is 5.91 Å². The summed E-state index contributed by atoms with van der Waals surface area (Å²) in [4.78, 5) is 15.0. The molecule has 1 aliphatic rings. The van der Waals surface area contributed by atoms with Crippen LogP contribution >= 0.6 is 0 Å². The van der Waals surface area contributed by atoms with Crippen LogP contribution in [0.5, 0.6) is 5.75 Å². The highest BCUT2D eigenvalue weighted by molar-refractivity contribution is 5.79. The molecular weight excluding hydrogens is 356 g/mol. The molecule has 0 aromatic heterocycles. The maximum Gasteiger partial charge on any atom is 0.255 e. The number of benzene rings is 1. The number of rotatable bonds is 10. The molecular formula is C21H34N4O3. The van der Waals surface area contributed by atoms with Crippen LogP contribution < -0.4 is 21.1 Å². The molecule has 1 aromatic carbocycles. The van der Waals surface area contributed by atoms with Gasteiger partial charge in [0.2, 0.25) is 0 Å². The van der Waals surface area contributed by atoms with Crippen LogP contribution in [0.2, 0.25) is 0 Å². The number of hydrogen-bond donors (Lipinski definition) is 3. The molecule has 28 heavy (non-hydrogen) atoms. The number of ether oxygens (including phenoxy) is 2. The van der Waals surface area contributed by atoms with Crippen LogP contribution in [0.3, 0.4) is 0 Å². The lowest BCUT2D eigenvalue weighted by molar-refractivity contribution is -0.119. The zero-order valence-electron chi connectivity index (χ0n) is 16.9. The van der Waals surface area contributed by atoms with Crippen molar-refractivity contribution in [3.8, 4) is 5.75 Å². The highest BCUT2D eigenvalue weighted by Gasteiger charge is 2.12. The summed E-state index contributed by atoms with van der Waals surface area (Å²) in [5.74, 6) is 0.944. The van der Waals surface area contributed by atoms with E-state index in [4.69, 9.17) is 15.2 Å². The number of nitrogens with one attached hydrogen (secondary N) is 2. The number of aliphatic imine (C=N–C) groups is 1. The summed E-state index contributed by atoms with van der Waals surface area (Å²) in [5, 5.41) is 6.61. The summed E-state index contributed by atoms with van der Waals surface area (Å²) in [7, 11) is 1.77. The van der Waals surface area contributed by atoms with Gasteiger partial charge in [0.25, 0.3) is 5.91 Å². The SMILES string of the molecule is CN=C(NCCOC1CCCCCC1)NCCc1ccc(OCC(N)=O)cc1. The van der Waals surface area contributed by atoms with E-state index in [1.165, 1.54) is 44.1 Å².